The molecule has 0 saturated heterocycles. The molecule has 0 fully saturated rings. The molecule has 6 amide bonds. The van der Waals surface area contributed by atoms with Gasteiger partial charge in [-0.05, 0) is 276 Å². The maximum Gasteiger partial charge on any atom is 0.223 e. The lowest BCUT2D eigenvalue weighted by molar-refractivity contribution is -0.129. The summed E-state index contributed by atoms with van der Waals surface area (Å²) in [4.78, 5) is 101. The fraction of sp³-hybridized carbons (Fsp3) is 0.871. The molecule has 2 atom stereocenters. The van der Waals surface area contributed by atoms with Gasteiger partial charge < -0.3 is 84.0 Å². The molecule has 0 saturated carbocycles. The number of nitrogens with one attached hydrogen (secondary N) is 6. The number of Topliss-reactive ketones (excluding diaryl/α,β-unsaturated/α-hetero) is 2. The molecule has 868 valence electrons. The van der Waals surface area contributed by atoms with Crippen molar-refractivity contribution in [1.29, 1.82) is 0 Å². The lowest BCUT2D eigenvalue weighted by Crippen LogP contribution is -2.33. The van der Waals surface area contributed by atoms with Gasteiger partial charge in [0.1, 0.15) is 11.6 Å². The van der Waals surface area contributed by atoms with E-state index in [1.54, 1.807) is 44.6 Å². The van der Waals surface area contributed by atoms with Crippen LogP contribution in [0, 0.1) is 33.5 Å². The largest absolute Gasteiger partial charge is 0.381 e. The summed E-state index contributed by atoms with van der Waals surface area (Å²) in [6.07, 6.45) is 59.6. The van der Waals surface area contributed by atoms with Crippen molar-refractivity contribution < 1.29 is 90.5 Å². The first-order chi connectivity index (χ1) is 71.9. The van der Waals surface area contributed by atoms with Crippen molar-refractivity contribution in [2.24, 2.45) is 33.5 Å². The molecule has 25 nitrogen and oxygen atoms in total. The molecule has 4 aliphatic carbocycles. The first-order valence-electron chi connectivity index (χ1n) is 60.7. The lowest BCUT2D eigenvalue weighted by atomic mass is 9.71. The first-order valence-corrected chi connectivity index (χ1v) is 60.7. The Hall–Kier alpha value is -5.32. The second-order valence-corrected chi connectivity index (χ2v) is 45.4. The van der Waals surface area contributed by atoms with E-state index in [2.05, 4.69) is 122 Å². The molecule has 0 spiro atoms. The van der Waals surface area contributed by atoms with Crippen LogP contribution in [0.5, 0.6) is 0 Å². The molecule has 0 aliphatic heterocycles. The molecule has 6 N–H and O–H groups in total. The predicted molar refractivity (Wildman–Crippen MR) is 610 cm³/mol. The Balaban J connectivity index is 0.000000859. The monoisotopic (exact) mass is 2110 g/mol. The molecule has 0 heterocycles. The number of hydrogen-bond acceptors (Lipinski definition) is 19. The molecule has 25 heteroatoms. The fourth-order valence-electron chi connectivity index (χ4n) is 21.6. The maximum atomic E-state index is 13.4. The van der Waals surface area contributed by atoms with Gasteiger partial charge in [-0.25, -0.2) is 0 Å². The van der Waals surface area contributed by atoms with Gasteiger partial charge in [-0.2, -0.15) is 0 Å². The third-order valence-corrected chi connectivity index (χ3v) is 30.5. The van der Waals surface area contributed by atoms with Crippen molar-refractivity contribution in [3.05, 3.63) is 44.6 Å². The first kappa shape index (κ1) is 140. The zero-order valence-corrected chi connectivity index (χ0v) is 98.7. The normalized spacial score (nSPS) is 15.7. The van der Waals surface area contributed by atoms with Gasteiger partial charge in [0, 0.05) is 142 Å². The van der Waals surface area contributed by atoms with Gasteiger partial charge in [0.05, 0.1) is 106 Å². The van der Waals surface area contributed by atoms with Crippen molar-refractivity contribution in [2.45, 2.75) is 483 Å². The van der Waals surface area contributed by atoms with Gasteiger partial charge >= 0.3 is 0 Å². The van der Waals surface area contributed by atoms with E-state index in [-0.39, 0.29) is 65.3 Å². The van der Waals surface area contributed by atoms with Gasteiger partial charge in [0.15, 0.2) is 0 Å². The standard InChI is InChI=1S/C58H105N3O8.C53H96N2O6.C13H27NO5/c1-8-66-42-34-55(64)60-38-25-40-67-43-45-69-46-44-68-41-26-39-61-56(65)50(47-51(62)30-17-13-9-10-14-18-31-52-48(2)27-23-35-57(52,4)5)29-21-22-37-59-54(63)33-20-16-12-11-15-19-32-53-49(3)28-24-36-58(53,6)7;1-8-37-59-39-41-61-42-40-60-38-25-36-55-51(58)46(43-47(56)29-17-13-9-10-14-18-30-48-44(2)26-23-33-52(48,4)5)28-21-22-35-54-50(57)32-20-16-12-11-15-19-31-49-45(3)27-24-34-53(49,6)7;1-3-14-13(15)5-6-17-9-10-19-12-11-18-8-7-16-4-2/h50H,8-47H2,1-7H3,(H,59,63)(H,60,64)(H,61,65);46H,8-43H2,1-7H3,(H,54,57)(H,55,58);3-12H2,1-2H3,(H,14,15)/t50-;46-;/m11./s1. The van der Waals surface area contributed by atoms with Crippen LogP contribution in [0.15, 0.2) is 44.6 Å². The molecule has 4 rings (SSSR count). The van der Waals surface area contributed by atoms with Gasteiger partial charge in [0.2, 0.25) is 35.4 Å². The highest BCUT2D eigenvalue weighted by molar-refractivity contribution is 5.87. The Labute approximate surface area is 910 Å². The third kappa shape index (κ3) is 76.1. The number of hydrogen-bond donors (Lipinski definition) is 6. The molecule has 0 unspecified atom stereocenters. The molecule has 4 aliphatic rings. The Morgan fingerprint density at radius 1 is 0.242 bits per heavy atom. The number of amides is 6. The minimum atomic E-state index is -0.356. The van der Waals surface area contributed by atoms with Crippen LogP contribution in [-0.4, -0.2) is 232 Å². The van der Waals surface area contributed by atoms with Gasteiger partial charge in [-0.3, -0.25) is 38.4 Å². The van der Waals surface area contributed by atoms with E-state index < -0.39 is 0 Å². The average molecular weight is 2110 g/mol. The van der Waals surface area contributed by atoms with Crippen LogP contribution in [0.25, 0.3) is 0 Å². The van der Waals surface area contributed by atoms with Crippen molar-refractivity contribution in [3.8, 4) is 0 Å². The summed E-state index contributed by atoms with van der Waals surface area (Å²) in [5, 5.41) is 17.9. The Kier molecular flexibility index (Phi) is 87.0. The lowest BCUT2D eigenvalue weighted by Gasteiger charge is -2.34. The average Bonchev–Trinajstić information content (AvgIpc) is 0.834. The van der Waals surface area contributed by atoms with E-state index >= 15 is 0 Å². The van der Waals surface area contributed by atoms with Gasteiger partial charge in [-0.1, -0.05) is 222 Å². The third-order valence-electron chi connectivity index (χ3n) is 30.5. The van der Waals surface area contributed by atoms with E-state index in [0.717, 1.165) is 103 Å². The summed E-state index contributed by atoms with van der Waals surface area (Å²) in [6, 6.07) is 0. The number of unbranched alkanes of at least 4 members (excludes halogenated alkanes) is 22. The summed E-state index contributed by atoms with van der Waals surface area (Å²) in [5.41, 5.74) is 14.8. The van der Waals surface area contributed by atoms with Crippen molar-refractivity contribution >= 4 is 47.0 Å². The minimum Gasteiger partial charge on any atom is -0.381 e. The highest BCUT2D eigenvalue weighted by atomic mass is 16.6. The fourth-order valence-corrected chi connectivity index (χ4v) is 21.6. The van der Waals surface area contributed by atoms with Crippen LogP contribution >= 0.6 is 0 Å². The van der Waals surface area contributed by atoms with Crippen LogP contribution in [0.4, 0.5) is 0 Å². The molecule has 0 aromatic carbocycles. The van der Waals surface area contributed by atoms with Crippen LogP contribution in [0.2, 0.25) is 0 Å². The quantitative estimate of drug-likeness (QED) is 0.0243. The minimum absolute atomic E-state index is 0.00605. The summed E-state index contributed by atoms with van der Waals surface area (Å²) >= 11 is 0. The number of ketones is 2. The summed E-state index contributed by atoms with van der Waals surface area (Å²) in [6.45, 7) is 52.0. The molecule has 0 aromatic rings. The van der Waals surface area contributed by atoms with Crippen molar-refractivity contribution in [3.63, 3.8) is 0 Å². The SMILES string of the molecule is CCCOCCOCCOCCCNC(=O)[C@H](CCCCNC(=O)CCCCCCCCC1=C(C)CCCC1(C)C)CC(=O)CCCCCCCCC1=C(C)CCCC1(C)C.CCNC(=O)CCOCCOCCOCCOCC.CCOCCC(=O)NCCCOCCOCCOCCCNC(=O)[C@H](CCCCNC(=O)CCCCCCCCC1=C(C)CCCC1(C)C)CC(=O)CCCCCCCCC1=C(C)CCCC1(C)C. The smallest absolute Gasteiger partial charge is 0.223 e. The highest BCUT2D eigenvalue weighted by Crippen LogP contribution is 2.46. The molecule has 0 radical (unpaired) electrons. The number of allylic oxidation sites excluding steroid dienone is 8. The molecular formula is C124H228N6O19. The van der Waals surface area contributed by atoms with Crippen LogP contribution in [-0.2, 0) is 90.5 Å². The zero-order chi connectivity index (χ0) is 109. The topological polar surface area (TPSA) is 310 Å². The van der Waals surface area contributed by atoms with E-state index in [1.807, 2.05) is 20.8 Å². The van der Waals surface area contributed by atoms with E-state index in [1.165, 1.54) is 199 Å². The highest BCUT2D eigenvalue weighted by Gasteiger charge is 2.33. The molecular weight excluding hydrogens is 1880 g/mol. The number of carbonyl (C=O) groups is 8. The molecule has 0 bridgehead atoms. The van der Waals surface area contributed by atoms with Crippen LogP contribution in [0.3, 0.4) is 0 Å². The molecule has 149 heavy (non-hydrogen) atoms. The zero-order valence-electron chi connectivity index (χ0n) is 98.7. The van der Waals surface area contributed by atoms with Gasteiger partial charge in [0.25, 0.3) is 0 Å². The van der Waals surface area contributed by atoms with Crippen LogP contribution < -0.4 is 31.9 Å². The van der Waals surface area contributed by atoms with E-state index in [0.29, 0.717) is 270 Å². The van der Waals surface area contributed by atoms with Gasteiger partial charge in [-0.15, -0.1) is 0 Å². The van der Waals surface area contributed by atoms with E-state index in [4.69, 9.17) is 52.1 Å². The van der Waals surface area contributed by atoms with E-state index in [9.17, 15) is 38.4 Å². The number of ether oxygens (including phenoxy) is 11. The second-order valence-electron chi connectivity index (χ2n) is 45.4. The van der Waals surface area contributed by atoms with Crippen molar-refractivity contribution in [2.75, 3.05) is 185 Å². The number of rotatable bonds is 96. The maximum absolute atomic E-state index is 13.4. The summed E-state index contributed by atoms with van der Waals surface area (Å²) in [7, 11) is 0. The Morgan fingerprint density at radius 3 is 0.772 bits per heavy atom. The Bertz CT molecular complexity index is 3550. The summed E-state index contributed by atoms with van der Waals surface area (Å²) in [5.74, 6) is -0.154. The second kappa shape index (κ2) is 92.8. The predicted octanol–water partition coefficient (Wildman–Crippen LogP) is 26.3. The van der Waals surface area contributed by atoms with Crippen molar-refractivity contribution in [1.82, 2.24) is 31.9 Å². The number of carbonyl (C=O) groups excluding carboxylic acids is 8. The summed E-state index contributed by atoms with van der Waals surface area (Å²) < 4.78 is 59.7. The van der Waals surface area contributed by atoms with Crippen LogP contribution in [0.1, 0.15) is 483 Å². The molecule has 0 aromatic heterocycles. The Morgan fingerprint density at radius 2 is 0.477 bits per heavy atom.